The molecular weight excluding hydrogens is 1140 g/mol. The van der Waals surface area contributed by atoms with E-state index >= 15 is 14.4 Å². The van der Waals surface area contributed by atoms with Gasteiger partial charge in [0.05, 0.1) is 47.1 Å². The molecule has 12 rings (SSSR count). The van der Waals surface area contributed by atoms with Gasteiger partial charge in [0.2, 0.25) is 0 Å². The Morgan fingerprint density at radius 1 is 0.260 bits per heavy atom. The van der Waals surface area contributed by atoms with Crippen molar-refractivity contribution in [2.75, 3.05) is 39.3 Å². The van der Waals surface area contributed by atoms with Gasteiger partial charge in [-0.2, -0.15) is 0 Å². The van der Waals surface area contributed by atoms with Crippen molar-refractivity contribution < 1.29 is 14.4 Å². The number of fused-ring (bicyclic) bond motifs is 6. The van der Waals surface area contributed by atoms with Gasteiger partial charge in [0.1, 0.15) is 0 Å². The molecule has 18 heteroatoms. The Labute approximate surface area is 485 Å². The van der Waals surface area contributed by atoms with Crippen molar-refractivity contribution >= 4 is 159 Å². The molecule has 73 heavy (non-hydrogen) atoms. The van der Waals surface area contributed by atoms with Crippen LogP contribution >= 0.6 is 141 Å². The fourth-order valence-corrected chi connectivity index (χ4v) is 29.3. The van der Waals surface area contributed by atoms with E-state index in [0.29, 0.717) is 0 Å². The quantitative estimate of drug-likeness (QED) is 0.220. The molecule has 9 aliphatic rings. The highest BCUT2D eigenvalue weighted by atomic mass is 32.2. The number of benzene rings is 3. The van der Waals surface area contributed by atoms with Gasteiger partial charge in [0.25, 0.3) is 17.7 Å². The van der Waals surface area contributed by atoms with Gasteiger partial charge in [-0.05, 0) is 158 Å². The van der Waals surface area contributed by atoms with Crippen molar-refractivity contribution in [3.63, 3.8) is 0 Å². The monoisotopic (exact) mass is 1200 g/mol. The fraction of sp³-hybridized carbons (Fsp3) is 0.600. The zero-order valence-electron chi connectivity index (χ0n) is 44.1. The number of hydrogen-bond donors (Lipinski definition) is 0. The van der Waals surface area contributed by atoms with Gasteiger partial charge in [-0.15, -0.1) is 141 Å². The van der Waals surface area contributed by atoms with Crippen LogP contribution in [-0.2, 0) is 0 Å². The van der Waals surface area contributed by atoms with Crippen LogP contribution in [0.25, 0.3) is 0 Å². The maximum absolute atomic E-state index is 15.5. The summed E-state index contributed by atoms with van der Waals surface area (Å²) in [6.07, 6.45) is 9.76. The SMILES string of the molecule is CC1(C)Sc2c(c(C(=O)N3CCCCC3)c3c(c2[C](c2c4c(c(C(=O)N5CCCCC5)c5c2SC(C)(C)S5)SC(C)(C)S4)c2c4c(c(C(=O)N5CCCCC5)c5c2SC(C)(C)S5)SC(C)(C)S4)SC(C)(C)S3)S1. The second-order valence-electron chi connectivity index (χ2n) is 23.3. The van der Waals surface area contributed by atoms with Crippen LogP contribution in [0, 0.1) is 5.92 Å². The summed E-state index contributed by atoms with van der Waals surface area (Å²) in [5.74, 6) is 1.80. The number of likely N-dealkylation sites (tertiary alicyclic amines) is 3. The number of nitrogens with zero attached hydrogens (tertiary/aromatic N) is 3. The Morgan fingerprint density at radius 3 is 0.575 bits per heavy atom. The molecule has 391 valence electrons. The van der Waals surface area contributed by atoms with E-state index in [1.165, 1.54) is 71.2 Å². The number of thioether (sulfide) groups is 12. The maximum atomic E-state index is 15.5. The normalized spacial score (nSPS) is 24.4. The molecule has 0 spiro atoms. The van der Waals surface area contributed by atoms with Crippen LogP contribution in [0.1, 0.15) is 189 Å². The summed E-state index contributed by atoms with van der Waals surface area (Å²) >= 11 is 23.0. The Bertz CT molecular complexity index is 2470. The molecule has 9 aliphatic heterocycles. The summed E-state index contributed by atoms with van der Waals surface area (Å²) in [7, 11) is 0. The molecule has 3 fully saturated rings. The molecule has 0 bridgehead atoms. The molecule has 0 aromatic heterocycles. The first-order chi connectivity index (χ1) is 34.3. The first-order valence-electron chi connectivity index (χ1n) is 26.1. The minimum atomic E-state index is -0.235. The van der Waals surface area contributed by atoms with Crippen molar-refractivity contribution in [3.05, 3.63) is 39.3 Å². The van der Waals surface area contributed by atoms with E-state index in [1.54, 1.807) is 0 Å². The van der Waals surface area contributed by atoms with E-state index in [1.807, 2.05) is 141 Å². The zero-order valence-corrected chi connectivity index (χ0v) is 53.9. The summed E-state index contributed by atoms with van der Waals surface area (Å²) in [5, 5.41) is 0. The van der Waals surface area contributed by atoms with Crippen molar-refractivity contribution in [1.29, 1.82) is 0 Å². The lowest BCUT2D eigenvalue weighted by Gasteiger charge is -2.33. The predicted octanol–water partition coefficient (Wildman–Crippen LogP) is 18.2. The van der Waals surface area contributed by atoms with Gasteiger partial charge < -0.3 is 14.7 Å². The molecule has 1 radical (unpaired) electrons. The molecule has 3 aromatic carbocycles. The summed E-state index contributed by atoms with van der Waals surface area (Å²) in [4.78, 5) is 67.1. The van der Waals surface area contributed by atoms with Gasteiger partial charge in [-0.3, -0.25) is 14.4 Å². The largest absolute Gasteiger partial charge is 0.339 e. The second-order valence-corrected chi connectivity index (χ2v) is 44.4. The molecule has 0 N–H and O–H groups in total. The molecule has 6 nitrogen and oxygen atoms in total. The Morgan fingerprint density at radius 2 is 0.411 bits per heavy atom. The van der Waals surface area contributed by atoms with Crippen LogP contribution in [0.15, 0.2) is 58.7 Å². The molecule has 3 aromatic rings. The highest BCUT2D eigenvalue weighted by Crippen LogP contribution is 2.75. The van der Waals surface area contributed by atoms with E-state index in [4.69, 9.17) is 0 Å². The highest BCUT2D eigenvalue weighted by molar-refractivity contribution is 8.23. The average Bonchev–Trinajstić information content (AvgIpc) is 4.14. The van der Waals surface area contributed by atoms with Crippen LogP contribution < -0.4 is 0 Å². The number of rotatable bonds is 6. The third-order valence-corrected chi connectivity index (χ3v) is 31.5. The molecule has 0 aliphatic carbocycles. The highest BCUT2D eigenvalue weighted by Gasteiger charge is 2.54. The smallest absolute Gasteiger partial charge is 0.256 e. The molecule has 3 amide bonds. The summed E-state index contributed by atoms with van der Waals surface area (Å²) < 4.78 is -1.41. The lowest BCUT2D eigenvalue weighted by Crippen LogP contribution is -2.36. The van der Waals surface area contributed by atoms with E-state index in [0.717, 1.165) is 124 Å². The molecular formula is C55H66N3O3S12. The molecule has 0 atom stereocenters. The standard InChI is InChI=1S/C55H66N3O3S12/c1-50(2)62-35-29(36-42(69-51(3,4)63-36)32(41(35)68-50)47(59)56-22-16-13-17-23-56)28(30-37-43(70-52(5,6)64-37)33(44-38(30)65-53(7,8)71-44)48(60)57-24-18-14-19-25-57)31-39-45(72-54(9,10)66-39)34(46-40(31)67-55(11,12)73-46)49(61)58-26-20-15-21-27-58/h13-27H2,1-12H3. The predicted molar refractivity (Wildman–Crippen MR) is 324 cm³/mol. The number of piperidine rings is 3. The Hall–Kier alpha value is 0.270. The average molecular weight is 1200 g/mol. The lowest BCUT2D eigenvalue weighted by atomic mass is 9.83. The van der Waals surface area contributed by atoms with Gasteiger partial charge >= 0.3 is 0 Å². The van der Waals surface area contributed by atoms with Gasteiger partial charge in [0, 0.05) is 98.0 Å². The van der Waals surface area contributed by atoms with Gasteiger partial charge in [-0.25, -0.2) is 0 Å². The number of hydrogen-bond acceptors (Lipinski definition) is 15. The molecule has 9 heterocycles. The third-order valence-electron chi connectivity index (χ3n) is 14.5. The second kappa shape index (κ2) is 19.2. The Kier molecular flexibility index (Phi) is 14.2. The van der Waals surface area contributed by atoms with E-state index in [-0.39, 0.29) is 42.2 Å². The van der Waals surface area contributed by atoms with Crippen molar-refractivity contribution in [2.24, 2.45) is 0 Å². The summed E-state index contributed by atoms with van der Waals surface area (Å²) in [6, 6.07) is 0. The fourth-order valence-electron chi connectivity index (χ4n) is 11.6. The number of amides is 3. The summed E-state index contributed by atoms with van der Waals surface area (Å²) in [5.41, 5.74) is 6.48. The van der Waals surface area contributed by atoms with Crippen LogP contribution in [0.4, 0.5) is 0 Å². The summed E-state index contributed by atoms with van der Waals surface area (Å²) in [6.45, 7) is 32.9. The van der Waals surface area contributed by atoms with Crippen LogP contribution in [0.3, 0.4) is 0 Å². The van der Waals surface area contributed by atoms with Gasteiger partial charge in [0.15, 0.2) is 0 Å². The van der Waals surface area contributed by atoms with Crippen molar-refractivity contribution in [1.82, 2.24) is 14.7 Å². The van der Waals surface area contributed by atoms with Crippen LogP contribution in [0.2, 0.25) is 0 Å². The van der Waals surface area contributed by atoms with Crippen LogP contribution in [-0.4, -0.2) is 96.2 Å². The Balaban J connectivity index is 1.23. The van der Waals surface area contributed by atoms with Crippen LogP contribution in [0.5, 0.6) is 0 Å². The van der Waals surface area contributed by atoms with E-state index in [9.17, 15) is 0 Å². The minimum Gasteiger partial charge on any atom is -0.339 e. The number of carbonyl (C=O) groups excluding carboxylic acids is 3. The first-order valence-corrected chi connectivity index (χ1v) is 35.9. The first kappa shape index (κ1) is 53.9. The maximum Gasteiger partial charge on any atom is 0.256 e. The van der Waals surface area contributed by atoms with Crippen molar-refractivity contribution in [3.8, 4) is 0 Å². The van der Waals surface area contributed by atoms with E-state index in [2.05, 4.69) is 97.8 Å². The molecule has 0 unspecified atom stereocenters. The van der Waals surface area contributed by atoms with E-state index < -0.39 is 0 Å². The number of carbonyl (C=O) groups is 3. The van der Waals surface area contributed by atoms with Gasteiger partial charge in [-0.1, -0.05) is 0 Å². The lowest BCUT2D eigenvalue weighted by molar-refractivity contribution is 0.0708. The zero-order chi connectivity index (χ0) is 51.5. The minimum absolute atomic E-state index is 0.187. The molecule has 3 saturated heterocycles. The molecule has 0 saturated carbocycles. The topological polar surface area (TPSA) is 60.9 Å². The van der Waals surface area contributed by atoms with Crippen molar-refractivity contribution in [2.45, 2.75) is 224 Å². The third kappa shape index (κ3) is 9.65.